The van der Waals surface area contributed by atoms with Crippen molar-refractivity contribution in [2.45, 2.75) is 19.8 Å². The van der Waals surface area contributed by atoms with Crippen LogP contribution in [-0.4, -0.2) is 46.1 Å². The van der Waals surface area contributed by atoms with Gasteiger partial charge in [-0.15, -0.1) is 5.10 Å². The zero-order chi connectivity index (χ0) is 22.2. The fourth-order valence-corrected chi connectivity index (χ4v) is 3.92. The normalized spacial score (nSPS) is 14.4. The number of anilines is 2. The molecule has 2 N–H and O–H groups in total. The maximum Gasteiger partial charge on any atom is 0.228 e. The smallest absolute Gasteiger partial charge is 0.228 e. The van der Waals surface area contributed by atoms with Gasteiger partial charge in [0.2, 0.25) is 5.95 Å². The van der Waals surface area contributed by atoms with Crippen molar-refractivity contribution < 1.29 is 9.13 Å². The molecule has 0 radical (unpaired) electrons. The molecular weight excluding hydrogens is 407 g/mol. The van der Waals surface area contributed by atoms with Crippen LogP contribution >= 0.6 is 0 Å². The maximum atomic E-state index is 13.4. The van der Waals surface area contributed by atoms with Gasteiger partial charge in [-0.1, -0.05) is 38.1 Å². The van der Waals surface area contributed by atoms with Crippen LogP contribution in [0.15, 0.2) is 48.5 Å². The van der Waals surface area contributed by atoms with Gasteiger partial charge >= 0.3 is 0 Å². The fourth-order valence-electron chi connectivity index (χ4n) is 3.92. The van der Waals surface area contributed by atoms with E-state index < -0.39 is 0 Å². The number of aromatic nitrogens is 4. The predicted molar refractivity (Wildman–Crippen MR) is 124 cm³/mol. The van der Waals surface area contributed by atoms with Crippen molar-refractivity contribution in [1.82, 2.24) is 19.7 Å². The number of ether oxygens (including phenoxy) is 1. The van der Waals surface area contributed by atoms with Crippen molar-refractivity contribution in [3.63, 3.8) is 0 Å². The molecule has 0 bridgehead atoms. The highest BCUT2D eigenvalue weighted by Crippen LogP contribution is 2.34. The Morgan fingerprint density at radius 3 is 2.31 bits per heavy atom. The average Bonchev–Trinajstić information content (AvgIpc) is 3.16. The third-order valence-corrected chi connectivity index (χ3v) is 5.77. The second kappa shape index (κ2) is 8.20. The summed E-state index contributed by atoms with van der Waals surface area (Å²) in [5, 5.41) is 5.34. The molecule has 2 aromatic heterocycles. The number of hydrogen-bond acceptors (Lipinski definition) is 6. The summed E-state index contributed by atoms with van der Waals surface area (Å²) in [6.45, 7) is 7.02. The average molecular weight is 433 g/mol. The number of nitrogen functional groups attached to an aromatic ring is 1. The zero-order valence-electron chi connectivity index (χ0n) is 18.1. The largest absolute Gasteiger partial charge is 0.383 e. The van der Waals surface area contributed by atoms with E-state index in [1.807, 2.05) is 0 Å². The Labute approximate surface area is 185 Å². The van der Waals surface area contributed by atoms with Gasteiger partial charge in [-0.3, -0.25) is 0 Å². The Hall–Kier alpha value is -3.52. The second-order valence-corrected chi connectivity index (χ2v) is 8.22. The first-order valence-electron chi connectivity index (χ1n) is 10.8. The van der Waals surface area contributed by atoms with E-state index in [0.717, 1.165) is 11.3 Å². The SMILES string of the molecule is CC(C)c1ccc(-c2nc(N3CCOCC3)nc3nn(-c4ccc(F)cc4)c(N)c23)cc1. The first-order chi connectivity index (χ1) is 15.5. The number of rotatable bonds is 4. The Morgan fingerprint density at radius 1 is 0.969 bits per heavy atom. The van der Waals surface area contributed by atoms with E-state index in [2.05, 4.69) is 48.1 Å². The molecule has 7 nitrogen and oxygen atoms in total. The number of nitrogens with two attached hydrogens (primary N) is 1. The van der Waals surface area contributed by atoms with Gasteiger partial charge in [0.1, 0.15) is 11.6 Å². The minimum absolute atomic E-state index is 0.315. The van der Waals surface area contributed by atoms with Crippen LogP contribution in [0.4, 0.5) is 16.2 Å². The molecule has 32 heavy (non-hydrogen) atoms. The monoisotopic (exact) mass is 432 g/mol. The Kier molecular flexibility index (Phi) is 5.22. The zero-order valence-corrected chi connectivity index (χ0v) is 18.1. The molecule has 3 heterocycles. The topological polar surface area (TPSA) is 82.1 Å². The van der Waals surface area contributed by atoms with E-state index in [4.69, 9.17) is 20.4 Å². The molecule has 1 fully saturated rings. The maximum absolute atomic E-state index is 13.4. The van der Waals surface area contributed by atoms with Crippen LogP contribution in [0.25, 0.3) is 28.0 Å². The Bertz CT molecular complexity index is 1240. The summed E-state index contributed by atoms with van der Waals surface area (Å²) in [5.74, 6) is 1.14. The standard InChI is InChI=1S/C24H25FN6O/c1-15(2)16-3-5-17(6-4-16)21-20-22(26)31(19-9-7-18(25)8-10-19)29-23(20)28-24(27-21)30-11-13-32-14-12-30/h3-10,15H,11-14,26H2,1-2H3. The van der Waals surface area contributed by atoms with E-state index in [0.29, 0.717) is 60.7 Å². The molecular formula is C24H25FN6O. The highest BCUT2D eigenvalue weighted by atomic mass is 19.1. The van der Waals surface area contributed by atoms with Gasteiger partial charge < -0.3 is 15.4 Å². The van der Waals surface area contributed by atoms with E-state index >= 15 is 0 Å². The third kappa shape index (κ3) is 3.67. The number of halogens is 1. The first-order valence-corrected chi connectivity index (χ1v) is 10.8. The summed E-state index contributed by atoms with van der Waals surface area (Å²) in [5.41, 5.74) is 10.6. The molecule has 0 atom stereocenters. The van der Waals surface area contributed by atoms with Gasteiger partial charge in [0.15, 0.2) is 5.65 Å². The van der Waals surface area contributed by atoms with Crippen molar-refractivity contribution in [2.24, 2.45) is 0 Å². The molecule has 4 aromatic rings. The number of benzene rings is 2. The molecule has 0 amide bonds. The number of nitrogens with zero attached hydrogens (tertiary/aromatic N) is 5. The lowest BCUT2D eigenvalue weighted by molar-refractivity contribution is 0.122. The van der Waals surface area contributed by atoms with Gasteiger partial charge in [0.05, 0.1) is 30.0 Å². The molecule has 1 aliphatic rings. The number of morpholine rings is 1. The van der Waals surface area contributed by atoms with Crippen molar-refractivity contribution in [3.05, 3.63) is 59.9 Å². The van der Waals surface area contributed by atoms with Crippen LogP contribution < -0.4 is 10.6 Å². The van der Waals surface area contributed by atoms with Crippen LogP contribution in [0.2, 0.25) is 0 Å². The van der Waals surface area contributed by atoms with Crippen molar-refractivity contribution in [1.29, 1.82) is 0 Å². The molecule has 5 rings (SSSR count). The highest BCUT2D eigenvalue weighted by Gasteiger charge is 2.22. The Balaban J connectivity index is 1.70. The summed E-state index contributed by atoms with van der Waals surface area (Å²) in [6.07, 6.45) is 0. The molecule has 2 aromatic carbocycles. The van der Waals surface area contributed by atoms with E-state index in [9.17, 15) is 4.39 Å². The molecule has 0 saturated carbocycles. The molecule has 1 aliphatic heterocycles. The Morgan fingerprint density at radius 2 is 1.66 bits per heavy atom. The number of hydrogen-bond donors (Lipinski definition) is 1. The van der Waals surface area contributed by atoms with Crippen LogP contribution in [-0.2, 0) is 4.74 Å². The van der Waals surface area contributed by atoms with E-state index in [1.165, 1.54) is 17.7 Å². The molecule has 0 unspecified atom stereocenters. The molecule has 0 aliphatic carbocycles. The summed E-state index contributed by atoms with van der Waals surface area (Å²) in [4.78, 5) is 11.7. The highest BCUT2D eigenvalue weighted by molar-refractivity contribution is 5.99. The summed E-state index contributed by atoms with van der Waals surface area (Å²) in [6, 6.07) is 14.4. The summed E-state index contributed by atoms with van der Waals surface area (Å²) >= 11 is 0. The third-order valence-electron chi connectivity index (χ3n) is 5.77. The molecule has 8 heteroatoms. The molecule has 0 spiro atoms. The predicted octanol–water partition coefficient (Wildman–Crippen LogP) is 4.16. The number of fused-ring (bicyclic) bond motifs is 1. The van der Waals surface area contributed by atoms with Crippen LogP contribution in [0.3, 0.4) is 0 Å². The first kappa shape index (κ1) is 20.4. The minimum Gasteiger partial charge on any atom is -0.383 e. The lowest BCUT2D eigenvalue weighted by Gasteiger charge is -2.27. The van der Waals surface area contributed by atoms with Gasteiger partial charge in [0, 0.05) is 18.7 Å². The van der Waals surface area contributed by atoms with Crippen LogP contribution in [0.5, 0.6) is 0 Å². The van der Waals surface area contributed by atoms with E-state index in [-0.39, 0.29) is 5.82 Å². The van der Waals surface area contributed by atoms with Crippen molar-refractivity contribution in [3.8, 4) is 16.9 Å². The summed E-state index contributed by atoms with van der Waals surface area (Å²) in [7, 11) is 0. The van der Waals surface area contributed by atoms with Gasteiger partial charge in [0.25, 0.3) is 0 Å². The molecule has 164 valence electrons. The van der Waals surface area contributed by atoms with Crippen LogP contribution in [0, 0.1) is 5.82 Å². The quantitative estimate of drug-likeness (QED) is 0.521. The van der Waals surface area contributed by atoms with Gasteiger partial charge in [-0.05, 0) is 35.7 Å². The fraction of sp³-hybridized carbons (Fsp3) is 0.292. The van der Waals surface area contributed by atoms with Crippen molar-refractivity contribution >= 4 is 22.8 Å². The van der Waals surface area contributed by atoms with Crippen molar-refractivity contribution in [2.75, 3.05) is 36.9 Å². The van der Waals surface area contributed by atoms with Gasteiger partial charge in [-0.25, -0.2) is 14.1 Å². The lowest BCUT2D eigenvalue weighted by atomic mass is 10.00. The van der Waals surface area contributed by atoms with E-state index in [1.54, 1.807) is 16.8 Å². The minimum atomic E-state index is -0.315. The summed E-state index contributed by atoms with van der Waals surface area (Å²) < 4.78 is 20.5. The van der Waals surface area contributed by atoms with Gasteiger partial charge in [-0.2, -0.15) is 4.98 Å². The lowest BCUT2D eigenvalue weighted by Crippen LogP contribution is -2.37. The van der Waals surface area contributed by atoms with Crippen LogP contribution in [0.1, 0.15) is 25.3 Å². The second-order valence-electron chi connectivity index (χ2n) is 8.22. The molecule has 1 saturated heterocycles.